The fourth-order valence-corrected chi connectivity index (χ4v) is 0.733. The number of rotatable bonds is 5. The molecule has 0 aromatic rings. The van der Waals surface area contributed by atoms with Crippen LogP contribution < -0.4 is 22.7 Å². The number of amides is 1. The molecule has 7 nitrogen and oxygen atoms in total. The second-order valence-electron chi connectivity index (χ2n) is 2.53. The Labute approximate surface area is 75.9 Å². The average Bonchev–Trinajstić information content (AvgIpc) is 2.10. The molecular formula is C6H15N5O2. The molecule has 7 heteroatoms. The number of nitrogens with one attached hydrogen (secondary N) is 1. The van der Waals surface area contributed by atoms with Crippen molar-refractivity contribution in [2.24, 2.45) is 22.2 Å². The van der Waals surface area contributed by atoms with Gasteiger partial charge in [0, 0.05) is 6.54 Å². The van der Waals surface area contributed by atoms with Gasteiger partial charge < -0.3 is 17.2 Å². The van der Waals surface area contributed by atoms with Gasteiger partial charge in [0.1, 0.15) is 0 Å². The third kappa shape index (κ3) is 5.88. The Bertz CT molecular complexity index is 189. The number of carbonyl (C=O) groups excluding carboxylic acids is 1. The Morgan fingerprint density at radius 1 is 1.54 bits per heavy atom. The number of hydrogen-bond donors (Lipinski definition) is 5. The molecule has 0 aliphatic heterocycles. The van der Waals surface area contributed by atoms with Crippen LogP contribution in [-0.2, 0) is 4.79 Å². The summed E-state index contributed by atoms with van der Waals surface area (Å²) >= 11 is 0. The van der Waals surface area contributed by atoms with E-state index in [1.807, 2.05) is 0 Å². The first-order chi connectivity index (χ1) is 6.07. The second-order valence-corrected chi connectivity index (χ2v) is 2.53. The molecule has 0 aliphatic rings. The van der Waals surface area contributed by atoms with Crippen molar-refractivity contribution in [1.29, 1.82) is 0 Å². The molecule has 0 saturated carbocycles. The minimum Gasteiger partial charge on any atom is -0.370 e. The maximum absolute atomic E-state index is 10.7. The third-order valence-corrected chi connectivity index (χ3v) is 1.41. The summed E-state index contributed by atoms with van der Waals surface area (Å²) in [6.07, 6.45) is 1.01. The molecule has 1 atom stereocenters. The van der Waals surface area contributed by atoms with Crippen LogP contribution in [0.1, 0.15) is 12.8 Å². The highest BCUT2D eigenvalue weighted by Gasteiger charge is 2.10. The molecule has 0 aliphatic carbocycles. The van der Waals surface area contributed by atoms with Crippen LogP contribution in [0.2, 0.25) is 0 Å². The van der Waals surface area contributed by atoms with E-state index in [0.29, 0.717) is 19.4 Å². The fraction of sp³-hybridized carbons (Fsp3) is 0.667. The highest BCUT2D eigenvalue weighted by atomic mass is 16.5. The van der Waals surface area contributed by atoms with Crippen LogP contribution in [0.15, 0.2) is 4.99 Å². The lowest BCUT2D eigenvalue weighted by Gasteiger charge is -2.07. The summed E-state index contributed by atoms with van der Waals surface area (Å²) in [5, 5.41) is 8.20. The van der Waals surface area contributed by atoms with Gasteiger partial charge in [-0.1, -0.05) is 0 Å². The molecule has 8 N–H and O–H groups in total. The van der Waals surface area contributed by atoms with Gasteiger partial charge in [0.25, 0.3) is 5.91 Å². The number of nitrogens with zero attached hydrogens (tertiary/aromatic N) is 1. The maximum atomic E-state index is 10.7. The summed E-state index contributed by atoms with van der Waals surface area (Å²) in [5.74, 6) is -0.593. The number of hydroxylamine groups is 1. The quantitative estimate of drug-likeness (QED) is 0.110. The van der Waals surface area contributed by atoms with E-state index in [9.17, 15) is 4.79 Å². The summed E-state index contributed by atoms with van der Waals surface area (Å²) in [5.41, 5.74) is 17.0. The third-order valence-electron chi connectivity index (χ3n) is 1.41. The summed E-state index contributed by atoms with van der Waals surface area (Å²) in [6.45, 7) is 0.425. The summed E-state index contributed by atoms with van der Waals surface area (Å²) in [6, 6.07) is -0.723. The molecule has 0 unspecified atom stereocenters. The summed E-state index contributed by atoms with van der Waals surface area (Å²) < 4.78 is 0. The number of guanidine groups is 1. The summed E-state index contributed by atoms with van der Waals surface area (Å²) in [7, 11) is 0. The lowest BCUT2D eigenvalue weighted by atomic mass is 10.1. The van der Waals surface area contributed by atoms with Gasteiger partial charge in [-0.05, 0) is 12.8 Å². The van der Waals surface area contributed by atoms with Crippen molar-refractivity contribution >= 4 is 11.9 Å². The zero-order valence-electron chi connectivity index (χ0n) is 7.23. The van der Waals surface area contributed by atoms with E-state index in [2.05, 4.69) is 4.99 Å². The van der Waals surface area contributed by atoms with Gasteiger partial charge in [-0.25, -0.2) is 5.48 Å². The van der Waals surface area contributed by atoms with Crippen LogP contribution in [0.5, 0.6) is 0 Å². The first-order valence-corrected chi connectivity index (χ1v) is 3.83. The average molecular weight is 189 g/mol. The Balaban J connectivity index is 3.53. The number of hydrogen-bond acceptors (Lipinski definition) is 4. The van der Waals surface area contributed by atoms with Gasteiger partial charge in [0.2, 0.25) is 0 Å². The molecule has 0 rings (SSSR count). The molecule has 0 spiro atoms. The van der Waals surface area contributed by atoms with Crippen molar-refractivity contribution in [3.8, 4) is 0 Å². The smallest absolute Gasteiger partial charge is 0.260 e. The van der Waals surface area contributed by atoms with Gasteiger partial charge in [0.05, 0.1) is 6.04 Å². The molecule has 1 amide bonds. The number of carbonyl (C=O) groups is 1. The van der Waals surface area contributed by atoms with E-state index in [-0.39, 0.29) is 5.96 Å². The van der Waals surface area contributed by atoms with Crippen molar-refractivity contribution in [3.05, 3.63) is 0 Å². The molecule has 0 aromatic carbocycles. The van der Waals surface area contributed by atoms with Gasteiger partial charge in [-0.15, -0.1) is 0 Å². The zero-order chi connectivity index (χ0) is 10.3. The molecule has 0 fully saturated rings. The van der Waals surface area contributed by atoms with E-state index in [1.165, 1.54) is 5.48 Å². The van der Waals surface area contributed by atoms with E-state index >= 15 is 0 Å². The van der Waals surface area contributed by atoms with E-state index in [1.54, 1.807) is 0 Å². The first kappa shape index (κ1) is 11.7. The van der Waals surface area contributed by atoms with Gasteiger partial charge in [0.15, 0.2) is 5.96 Å². The van der Waals surface area contributed by atoms with Crippen LogP contribution in [-0.4, -0.2) is 29.7 Å². The standard InChI is InChI=1S/C6H15N5O2/c7-4(5(12)11-13)2-1-3-10-6(8)9/h4,13H,1-3,7H2,(H,11,12)(H4,8,9,10)/t4-/m0/s1. The van der Waals surface area contributed by atoms with Crippen LogP contribution in [0.4, 0.5) is 0 Å². The normalized spacial score (nSPS) is 11.8. The molecule has 0 radical (unpaired) electrons. The van der Waals surface area contributed by atoms with Crippen molar-refractivity contribution in [2.75, 3.05) is 6.54 Å². The SMILES string of the molecule is NC(N)=NCCC[C@H](N)C(=O)NO. The van der Waals surface area contributed by atoms with Crippen LogP contribution in [0.25, 0.3) is 0 Å². The predicted octanol–water partition coefficient (Wildman–Crippen LogP) is -2.13. The highest BCUT2D eigenvalue weighted by Crippen LogP contribution is 1.94. The van der Waals surface area contributed by atoms with Gasteiger partial charge in [-0.3, -0.25) is 15.0 Å². The first-order valence-electron chi connectivity index (χ1n) is 3.83. The van der Waals surface area contributed by atoms with Crippen molar-refractivity contribution in [1.82, 2.24) is 5.48 Å². The lowest BCUT2D eigenvalue weighted by molar-refractivity contribution is -0.130. The van der Waals surface area contributed by atoms with Crippen molar-refractivity contribution < 1.29 is 10.0 Å². The van der Waals surface area contributed by atoms with Crippen LogP contribution in [0, 0.1) is 0 Å². The van der Waals surface area contributed by atoms with E-state index < -0.39 is 11.9 Å². The maximum Gasteiger partial charge on any atom is 0.260 e. The Morgan fingerprint density at radius 3 is 2.62 bits per heavy atom. The fourth-order valence-electron chi connectivity index (χ4n) is 0.733. The van der Waals surface area contributed by atoms with E-state index in [0.717, 1.165) is 0 Å². The van der Waals surface area contributed by atoms with Crippen LogP contribution >= 0.6 is 0 Å². The predicted molar refractivity (Wildman–Crippen MR) is 47.8 cm³/mol. The van der Waals surface area contributed by atoms with Gasteiger partial charge >= 0.3 is 0 Å². The minimum atomic E-state index is -0.723. The topological polar surface area (TPSA) is 140 Å². The summed E-state index contributed by atoms with van der Waals surface area (Å²) in [4.78, 5) is 14.4. The largest absolute Gasteiger partial charge is 0.370 e. The zero-order valence-corrected chi connectivity index (χ0v) is 7.23. The Hall–Kier alpha value is -1.34. The van der Waals surface area contributed by atoms with Crippen molar-refractivity contribution in [3.63, 3.8) is 0 Å². The molecule has 76 valence electrons. The monoisotopic (exact) mass is 189 g/mol. The molecule has 0 aromatic heterocycles. The Morgan fingerprint density at radius 2 is 2.15 bits per heavy atom. The number of aliphatic imine (C=N–C) groups is 1. The number of nitrogens with two attached hydrogens (primary N) is 3. The lowest BCUT2D eigenvalue weighted by Crippen LogP contribution is -2.39. The van der Waals surface area contributed by atoms with Crippen molar-refractivity contribution in [2.45, 2.75) is 18.9 Å². The molecule has 0 heterocycles. The van der Waals surface area contributed by atoms with E-state index in [4.69, 9.17) is 22.4 Å². The van der Waals surface area contributed by atoms with Crippen LogP contribution in [0.3, 0.4) is 0 Å². The molecular weight excluding hydrogens is 174 g/mol. The molecule has 0 bridgehead atoms. The highest BCUT2D eigenvalue weighted by molar-refractivity contribution is 5.80. The Kier molecular flexibility index (Phi) is 5.57. The van der Waals surface area contributed by atoms with Gasteiger partial charge in [-0.2, -0.15) is 0 Å². The molecule has 13 heavy (non-hydrogen) atoms. The molecule has 0 saturated heterocycles. The second kappa shape index (κ2) is 6.21. The minimum absolute atomic E-state index is 0.0141.